The molecule has 3 nitrogen and oxygen atoms in total. The highest BCUT2D eigenvalue weighted by atomic mass is 19.5. The van der Waals surface area contributed by atoms with Gasteiger partial charge in [-0.25, -0.2) is 0 Å². The number of nitrogens with one attached hydrogen (secondary N) is 1. The Bertz CT molecular complexity index is 702. The van der Waals surface area contributed by atoms with E-state index in [9.17, 15) is 51.8 Å². The van der Waals surface area contributed by atoms with Gasteiger partial charge in [0.2, 0.25) is 0 Å². The summed E-state index contributed by atoms with van der Waals surface area (Å²) in [7, 11) is -18.0. The number of halogens is 12. The van der Waals surface area contributed by atoms with Crippen LogP contribution in [-0.2, 0) is 0 Å². The largest absolute Gasteiger partial charge is 0.673 e. The van der Waals surface area contributed by atoms with Crippen LogP contribution in [0.3, 0.4) is 0 Å². The molecule has 1 aromatic carbocycles. The monoisotopic (exact) mass is 470 g/mol. The normalized spacial score (nSPS) is 11.7. The van der Waals surface area contributed by atoms with Gasteiger partial charge < -0.3 is 57.1 Å². The maximum atomic E-state index is 9.75. The zero-order valence-corrected chi connectivity index (χ0v) is 14.9. The quantitative estimate of drug-likeness (QED) is 0.404. The molecule has 0 aliphatic heterocycles. The molecule has 2 aromatic rings. The summed E-state index contributed by atoms with van der Waals surface area (Å²) in [6.07, 6.45) is 3.39. The third kappa shape index (κ3) is 31.9. The zero-order valence-electron chi connectivity index (χ0n) is 14.9. The van der Waals surface area contributed by atoms with Crippen molar-refractivity contribution < 1.29 is 51.8 Å². The van der Waals surface area contributed by atoms with Gasteiger partial charge in [0.05, 0.1) is 6.07 Å². The zero-order chi connectivity index (χ0) is 24.7. The number of para-hydroxylation sites is 1. The first-order valence-electron chi connectivity index (χ1n) is 7.63. The van der Waals surface area contributed by atoms with Crippen molar-refractivity contribution >= 4 is 27.5 Å². The number of aromatic nitrogens is 1. The van der Waals surface area contributed by atoms with E-state index >= 15 is 0 Å². The van der Waals surface area contributed by atoms with Gasteiger partial charge in [-0.15, -0.1) is 0 Å². The average Bonchev–Trinajstić information content (AvgIpc) is 2.57. The molecule has 0 saturated carbocycles. The highest BCUT2D eigenvalue weighted by Crippen LogP contribution is 2.17. The summed E-state index contributed by atoms with van der Waals surface area (Å²) in [6, 6.07) is 15.2. The van der Waals surface area contributed by atoms with Gasteiger partial charge in [0, 0.05) is 23.6 Å². The van der Waals surface area contributed by atoms with E-state index in [2.05, 4.69) is 16.4 Å². The minimum Gasteiger partial charge on any atom is -0.418 e. The van der Waals surface area contributed by atoms with Crippen LogP contribution in [0.1, 0.15) is 11.6 Å². The summed E-state index contributed by atoms with van der Waals surface area (Å²) >= 11 is 0. The Morgan fingerprint density at radius 2 is 1.13 bits per heavy atom. The van der Waals surface area contributed by atoms with Crippen LogP contribution in [0.2, 0.25) is 0 Å². The van der Waals surface area contributed by atoms with Crippen molar-refractivity contribution in [2.45, 2.75) is 6.04 Å². The average molecular weight is 470 g/mol. The van der Waals surface area contributed by atoms with E-state index in [1.165, 1.54) is 0 Å². The molecular formula is C13H11B3F12N3-3. The van der Waals surface area contributed by atoms with E-state index in [1.807, 2.05) is 42.5 Å². The van der Waals surface area contributed by atoms with Crippen LogP contribution in [0, 0.1) is 11.3 Å². The number of rotatable bonds is 3. The number of pyridine rings is 1. The van der Waals surface area contributed by atoms with Crippen LogP contribution in [0.5, 0.6) is 0 Å². The second-order valence-corrected chi connectivity index (χ2v) is 4.84. The molecule has 0 spiro atoms. The van der Waals surface area contributed by atoms with Crippen LogP contribution in [0.15, 0.2) is 54.9 Å². The molecule has 174 valence electrons. The maximum Gasteiger partial charge on any atom is 0.673 e. The van der Waals surface area contributed by atoms with Crippen molar-refractivity contribution in [3.63, 3.8) is 0 Å². The molecule has 1 heterocycles. The van der Waals surface area contributed by atoms with Crippen LogP contribution in [0.25, 0.3) is 0 Å². The van der Waals surface area contributed by atoms with Crippen molar-refractivity contribution in [3.8, 4) is 6.07 Å². The van der Waals surface area contributed by atoms with E-state index in [4.69, 9.17) is 5.26 Å². The fraction of sp³-hybridized carbons (Fsp3) is 0.0769. The summed E-state index contributed by atoms with van der Waals surface area (Å²) < 4.78 is 117. The Labute approximate surface area is 168 Å². The summed E-state index contributed by atoms with van der Waals surface area (Å²) in [5.41, 5.74) is 1.80. The molecular weight excluding hydrogens is 459 g/mol. The first-order valence-corrected chi connectivity index (χ1v) is 7.63. The van der Waals surface area contributed by atoms with Gasteiger partial charge in [0.25, 0.3) is 0 Å². The topological polar surface area (TPSA) is 48.7 Å². The van der Waals surface area contributed by atoms with E-state index in [0.717, 1.165) is 11.3 Å². The van der Waals surface area contributed by atoms with Crippen LogP contribution in [0.4, 0.5) is 57.5 Å². The van der Waals surface area contributed by atoms with Crippen LogP contribution < -0.4 is 5.32 Å². The summed E-state index contributed by atoms with van der Waals surface area (Å²) in [4.78, 5) is 4.00. The van der Waals surface area contributed by atoms with E-state index < -0.39 is 21.8 Å². The highest BCUT2D eigenvalue weighted by Gasteiger charge is 2.21. The molecule has 0 amide bonds. The fourth-order valence-electron chi connectivity index (χ4n) is 1.44. The van der Waals surface area contributed by atoms with Crippen molar-refractivity contribution in [1.29, 1.82) is 5.26 Å². The molecule has 0 bridgehead atoms. The number of nitriles is 1. The van der Waals surface area contributed by atoms with Gasteiger partial charge in [0.1, 0.15) is 6.04 Å². The lowest BCUT2D eigenvalue weighted by molar-refractivity contribution is 0.366. The number of hydrogen-bond acceptors (Lipinski definition) is 3. The molecule has 0 saturated heterocycles. The number of hydrogen-bond donors (Lipinski definition) is 1. The van der Waals surface area contributed by atoms with E-state index in [1.54, 1.807) is 12.4 Å². The van der Waals surface area contributed by atoms with Gasteiger partial charge in [-0.05, 0) is 18.2 Å². The van der Waals surface area contributed by atoms with Crippen molar-refractivity contribution in [1.82, 2.24) is 4.98 Å². The van der Waals surface area contributed by atoms with Gasteiger partial charge in [0.15, 0.2) is 0 Å². The minimum absolute atomic E-state index is 0.365. The predicted molar refractivity (Wildman–Crippen MR) is 93.2 cm³/mol. The van der Waals surface area contributed by atoms with E-state index in [0.29, 0.717) is 0 Å². The predicted octanol–water partition coefficient (Wildman–Crippen LogP) is 6.66. The molecule has 2 rings (SSSR count). The van der Waals surface area contributed by atoms with Crippen molar-refractivity contribution in [3.05, 3.63) is 60.4 Å². The smallest absolute Gasteiger partial charge is 0.418 e. The Morgan fingerprint density at radius 3 is 1.45 bits per heavy atom. The molecule has 0 aliphatic rings. The van der Waals surface area contributed by atoms with Crippen molar-refractivity contribution in [2.24, 2.45) is 0 Å². The van der Waals surface area contributed by atoms with Crippen LogP contribution in [-0.4, -0.2) is 26.7 Å². The van der Waals surface area contributed by atoms with E-state index in [-0.39, 0.29) is 6.04 Å². The Kier molecular flexibility index (Phi) is 13.7. The molecule has 0 aliphatic carbocycles. The Morgan fingerprint density at radius 1 is 0.710 bits per heavy atom. The maximum absolute atomic E-state index is 9.75. The molecule has 18 heteroatoms. The third-order valence-corrected chi connectivity index (χ3v) is 2.23. The summed E-state index contributed by atoms with van der Waals surface area (Å²) in [5.74, 6) is 0. The van der Waals surface area contributed by atoms with Crippen LogP contribution >= 0.6 is 0 Å². The van der Waals surface area contributed by atoms with Gasteiger partial charge in [-0.2, -0.15) is 5.26 Å². The first-order chi connectivity index (χ1) is 13.9. The molecule has 0 radical (unpaired) electrons. The Balaban J connectivity index is 0. The highest BCUT2D eigenvalue weighted by molar-refractivity contribution is 6.50. The van der Waals surface area contributed by atoms with Crippen molar-refractivity contribution in [2.75, 3.05) is 5.32 Å². The second kappa shape index (κ2) is 14.1. The second-order valence-electron chi connectivity index (χ2n) is 4.84. The first kappa shape index (κ1) is 30.2. The molecule has 0 fully saturated rings. The SMILES string of the molecule is F[B-](F)(F)F.F[B-](F)(F)F.F[B-](F)(F)F.N#CC(Nc1ccccc1)c1cccnc1. The number of benzene rings is 1. The lowest BCUT2D eigenvalue weighted by Crippen LogP contribution is -2.08. The molecule has 31 heavy (non-hydrogen) atoms. The summed E-state index contributed by atoms with van der Waals surface area (Å²) in [5, 5.41) is 12.2. The van der Waals surface area contributed by atoms with Gasteiger partial charge in [-0.1, -0.05) is 24.3 Å². The molecule has 1 N–H and O–H groups in total. The fourth-order valence-corrected chi connectivity index (χ4v) is 1.44. The standard InChI is InChI=1S/C13H11N3.3BF4/c14-9-13(11-5-4-8-15-10-11)16-12-6-2-1-3-7-12;3*2-1(3,4)5/h1-8,10,13,16H;;;/q;3*-1. The molecule has 1 aromatic heterocycles. The Hall–Kier alpha value is -2.99. The van der Waals surface area contributed by atoms with Gasteiger partial charge >= 0.3 is 21.8 Å². The molecule has 1 unspecified atom stereocenters. The summed E-state index contributed by atoms with van der Waals surface area (Å²) in [6.45, 7) is 0. The minimum atomic E-state index is -6.00. The number of anilines is 1. The number of nitrogens with zero attached hydrogens (tertiary/aromatic N) is 2. The lowest BCUT2D eigenvalue weighted by atomic mass is 10.1. The molecule has 1 atom stereocenters. The third-order valence-electron chi connectivity index (χ3n) is 2.23. The van der Waals surface area contributed by atoms with Gasteiger partial charge in [-0.3, -0.25) is 4.98 Å². The lowest BCUT2D eigenvalue weighted by Gasteiger charge is -2.12.